The van der Waals surface area contributed by atoms with Crippen molar-refractivity contribution in [3.8, 4) is 0 Å². The Balaban J connectivity index is 0. The molecule has 0 aromatic heterocycles. The topological polar surface area (TPSA) is 49.4 Å². The van der Waals surface area contributed by atoms with Crippen LogP contribution >= 0.6 is 12.2 Å². The van der Waals surface area contributed by atoms with Gasteiger partial charge in [-0.2, -0.15) is 0 Å². The third kappa shape index (κ3) is 16.4. The van der Waals surface area contributed by atoms with Crippen LogP contribution in [-0.2, 0) is 9.53 Å². The zero-order chi connectivity index (χ0) is 12.4. The minimum atomic E-state index is -1.08. The fourth-order valence-electron chi connectivity index (χ4n) is 1.29. The number of carboxylic acids is 1. The molecule has 0 spiro atoms. The number of thiocarbonyl (C=S) groups is 1. The maximum absolute atomic E-state index is 10.2. The summed E-state index contributed by atoms with van der Waals surface area (Å²) < 4.78 is 5.24. The summed E-state index contributed by atoms with van der Waals surface area (Å²) in [7, 11) is 0. The van der Waals surface area contributed by atoms with Gasteiger partial charge in [0.25, 0.3) is 0 Å². The van der Waals surface area contributed by atoms with E-state index < -0.39 is 5.97 Å². The molecule has 0 heterocycles. The molecule has 0 aliphatic carbocycles. The summed E-state index contributed by atoms with van der Waals surface area (Å²) in [6.07, 6.45) is 4.82. The van der Waals surface area contributed by atoms with E-state index in [1.807, 2.05) is 0 Å². The molecule has 0 radical (unpaired) electrons. The average molecular weight is 268 g/mol. The van der Waals surface area contributed by atoms with Gasteiger partial charge in [0.2, 0.25) is 0 Å². The Morgan fingerprint density at radius 2 is 1.88 bits per heavy atom. The molecule has 5 heteroatoms. The Kier molecular flexibility index (Phi) is 14.8. The van der Waals surface area contributed by atoms with E-state index in [0.717, 1.165) is 18.8 Å². The van der Waals surface area contributed by atoms with E-state index in [0.29, 0.717) is 11.7 Å². The molecule has 0 rings (SSSR count). The van der Waals surface area contributed by atoms with E-state index in [2.05, 4.69) is 13.8 Å². The van der Waals surface area contributed by atoms with Crippen LogP contribution in [0.1, 0.15) is 52.4 Å². The van der Waals surface area contributed by atoms with Crippen molar-refractivity contribution < 1.29 is 44.2 Å². The molecule has 0 N–H and O–H groups in total. The van der Waals surface area contributed by atoms with Crippen LogP contribution in [0.5, 0.6) is 0 Å². The molecule has 0 aliphatic heterocycles. The molecular weight excluding hydrogens is 247 g/mol. The van der Waals surface area contributed by atoms with Crippen LogP contribution in [0, 0.1) is 5.92 Å². The summed E-state index contributed by atoms with van der Waals surface area (Å²) in [6, 6.07) is 0. The van der Waals surface area contributed by atoms with Crippen molar-refractivity contribution in [3.05, 3.63) is 0 Å². The number of carbonyl (C=O) groups is 1. The quantitative estimate of drug-likeness (QED) is 0.308. The normalized spacial score (nSPS) is 9.82. The summed E-state index contributed by atoms with van der Waals surface area (Å²) in [6.45, 7) is 5.03. The molecule has 94 valence electrons. The number of aliphatic carboxylic acids is 1. The van der Waals surface area contributed by atoms with E-state index in [1.54, 1.807) is 0 Å². The van der Waals surface area contributed by atoms with Crippen molar-refractivity contribution in [1.82, 2.24) is 0 Å². The fraction of sp³-hybridized carbons (Fsp3) is 0.833. The predicted octanol–water partition coefficient (Wildman–Crippen LogP) is -0.919. The smallest absolute Gasteiger partial charge is 0.550 e. The average Bonchev–Trinajstić information content (AvgIpc) is 2.19. The first kappa shape index (κ1) is 19.7. The Labute approximate surface area is 132 Å². The fourth-order valence-corrected chi connectivity index (χ4v) is 1.48. The van der Waals surface area contributed by atoms with E-state index in [1.165, 1.54) is 12.8 Å². The summed E-state index contributed by atoms with van der Waals surface area (Å²) in [5.74, 6) is -0.326. The first-order valence-electron chi connectivity index (χ1n) is 5.88. The van der Waals surface area contributed by atoms with Gasteiger partial charge in [0.15, 0.2) is 5.05 Å². The molecule has 0 aliphatic rings. The molecule has 0 saturated carbocycles. The number of carboxylic acid groups (broad SMARTS) is 1. The number of rotatable bonds is 9. The van der Waals surface area contributed by atoms with Crippen molar-refractivity contribution in [2.75, 3.05) is 6.61 Å². The molecule has 0 aromatic rings. The summed E-state index contributed by atoms with van der Waals surface area (Å²) >= 11 is 4.88. The van der Waals surface area contributed by atoms with Crippen molar-refractivity contribution in [2.24, 2.45) is 5.92 Å². The third-order valence-electron chi connectivity index (χ3n) is 2.22. The minimum Gasteiger partial charge on any atom is -0.550 e. The molecule has 0 aromatic carbocycles. The zero-order valence-corrected chi connectivity index (χ0v) is 14.0. The Bertz CT molecular complexity index is 220. The van der Waals surface area contributed by atoms with Crippen LogP contribution in [0.15, 0.2) is 0 Å². The number of unbranched alkanes of at least 4 members (excludes halogenated alkanes) is 2. The van der Waals surface area contributed by atoms with Gasteiger partial charge in [0.05, 0.1) is 6.61 Å². The van der Waals surface area contributed by atoms with Gasteiger partial charge in [0, 0.05) is 12.4 Å². The first-order chi connectivity index (χ1) is 7.52. The number of carbonyl (C=O) groups excluding carboxylic acids is 1. The van der Waals surface area contributed by atoms with E-state index in [4.69, 9.17) is 17.0 Å². The largest absolute Gasteiger partial charge is 1.00 e. The molecule has 0 atom stereocenters. The monoisotopic (exact) mass is 268 g/mol. The van der Waals surface area contributed by atoms with Crippen molar-refractivity contribution in [1.29, 1.82) is 0 Å². The second-order valence-electron chi connectivity index (χ2n) is 4.34. The number of ether oxygens (including phenoxy) is 1. The molecule has 17 heavy (non-hydrogen) atoms. The van der Waals surface area contributed by atoms with Crippen LogP contribution < -0.4 is 34.7 Å². The summed E-state index contributed by atoms with van der Waals surface area (Å²) in [4.78, 5) is 10.2. The van der Waals surface area contributed by atoms with Gasteiger partial charge in [-0.1, -0.05) is 33.1 Å². The summed E-state index contributed by atoms with van der Waals surface area (Å²) in [5.41, 5.74) is 0. The van der Waals surface area contributed by atoms with Gasteiger partial charge >= 0.3 is 29.6 Å². The zero-order valence-electron chi connectivity index (χ0n) is 11.2. The second-order valence-corrected chi connectivity index (χ2v) is 4.79. The molecular formula is C12H21NaO3S. The molecule has 3 nitrogen and oxygen atoms in total. The van der Waals surface area contributed by atoms with E-state index in [-0.39, 0.29) is 42.4 Å². The van der Waals surface area contributed by atoms with Gasteiger partial charge in [-0.05, 0) is 31.0 Å². The maximum atomic E-state index is 10.2. The third-order valence-corrected chi connectivity index (χ3v) is 2.54. The van der Waals surface area contributed by atoms with Gasteiger partial charge in [-0.15, -0.1) is 0 Å². The van der Waals surface area contributed by atoms with Crippen LogP contribution in [0.3, 0.4) is 0 Å². The molecule has 0 bridgehead atoms. The van der Waals surface area contributed by atoms with Crippen molar-refractivity contribution in [3.63, 3.8) is 0 Å². The molecule has 0 fully saturated rings. The molecule has 0 amide bonds. The van der Waals surface area contributed by atoms with Crippen LogP contribution in [0.25, 0.3) is 0 Å². The minimum absolute atomic E-state index is 0. The van der Waals surface area contributed by atoms with E-state index >= 15 is 0 Å². The van der Waals surface area contributed by atoms with Crippen molar-refractivity contribution in [2.45, 2.75) is 52.4 Å². The van der Waals surface area contributed by atoms with Gasteiger partial charge in [-0.25, -0.2) is 0 Å². The first-order valence-corrected chi connectivity index (χ1v) is 6.28. The molecule has 0 unspecified atom stereocenters. The van der Waals surface area contributed by atoms with Crippen molar-refractivity contribution >= 4 is 23.2 Å². The van der Waals surface area contributed by atoms with Gasteiger partial charge < -0.3 is 14.6 Å². The van der Waals surface area contributed by atoms with Crippen LogP contribution in [0.4, 0.5) is 0 Å². The standard InChI is InChI=1S/C12H22O3S.Na/c1-10(2)6-4-3-5-9-15-12(16)8-7-11(13)14;/h10H,3-9H2,1-2H3,(H,13,14);/q;+1/p-1. The SMILES string of the molecule is CC(C)CCCCCOC(=S)CCC(=O)[O-].[Na+]. The molecule has 0 saturated heterocycles. The summed E-state index contributed by atoms with van der Waals surface area (Å²) in [5, 5.41) is 10.5. The van der Waals surface area contributed by atoms with Gasteiger partial charge in [0.1, 0.15) is 0 Å². The van der Waals surface area contributed by atoms with E-state index in [9.17, 15) is 9.90 Å². The van der Waals surface area contributed by atoms with Gasteiger partial charge in [-0.3, -0.25) is 0 Å². The maximum Gasteiger partial charge on any atom is 1.00 e. The predicted molar refractivity (Wildman–Crippen MR) is 66.1 cm³/mol. The Hall–Kier alpha value is 0.360. The Morgan fingerprint density at radius 1 is 1.24 bits per heavy atom. The van der Waals surface area contributed by atoms with Crippen LogP contribution in [0.2, 0.25) is 0 Å². The second kappa shape index (κ2) is 12.8. The van der Waals surface area contributed by atoms with Crippen LogP contribution in [-0.4, -0.2) is 17.6 Å². The number of hydrogen-bond donors (Lipinski definition) is 0. The number of hydrogen-bond acceptors (Lipinski definition) is 4. The Morgan fingerprint density at radius 3 is 2.41 bits per heavy atom.